The highest BCUT2D eigenvalue weighted by atomic mass is 19.1. The van der Waals surface area contributed by atoms with E-state index in [1.165, 1.54) is 19.1 Å². The lowest BCUT2D eigenvalue weighted by molar-refractivity contribution is 0.0520. The fourth-order valence-electron chi connectivity index (χ4n) is 2.20. The maximum atomic E-state index is 13.2. The van der Waals surface area contributed by atoms with Crippen LogP contribution in [0.15, 0.2) is 36.4 Å². The minimum atomic E-state index is -0.576. The molecule has 0 spiro atoms. The van der Waals surface area contributed by atoms with Crippen LogP contribution < -0.4 is 10.1 Å². The molecule has 0 aliphatic carbocycles. The van der Waals surface area contributed by atoms with E-state index < -0.39 is 11.7 Å². The first-order valence-corrected chi connectivity index (χ1v) is 8.53. The first-order chi connectivity index (χ1) is 12.7. The Hall–Kier alpha value is -2.96. The van der Waals surface area contributed by atoms with Crippen LogP contribution in [0.25, 0.3) is 11.3 Å². The molecule has 2 rings (SSSR count). The number of benzene rings is 1. The molecule has 0 bridgehead atoms. The molecule has 0 saturated heterocycles. The van der Waals surface area contributed by atoms with E-state index in [-0.39, 0.29) is 30.4 Å². The summed E-state index contributed by atoms with van der Waals surface area (Å²) in [5.41, 5.74) is 0.760. The van der Waals surface area contributed by atoms with Gasteiger partial charge in [-0.3, -0.25) is 4.79 Å². The third kappa shape index (κ3) is 6.36. The zero-order chi connectivity index (χ0) is 20.0. The summed E-state index contributed by atoms with van der Waals surface area (Å²) in [4.78, 5) is 27.6. The highest BCUT2D eigenvalue weighted by molar-refractivity contribution is 5.93. The van der Waals surface area contributed by atoms with Crippen LogP contribution >= 0.6 is 0 Å². The Labute approximate surface area is 157 Å². The SMILES string of the molecule is CC(=O)c1ccc(OCCNC(=O)OC(C)(C)C)c(-c2ccc(F)cc2)n1. The van der Waals surface area contributed by atoms with Crippen molar-refractivity contribution in [3.8, 4) is 17.0 Å². The number of alkyl carbamates (subject to hydrolysis) is 1. The predicted molar refractivity (Wildman–Crippen MR) is 99.4 cm³/mol. The second kappa shape index (κ2) is 8.62. The van der Waals surface area contributed by atoms with Gasteiger partial charge in [-0.1, -0.05) is 0 Å². The molecule has 144 valence electrons. The Balaban J connectivity index is 2.08. The molecule has 27 heavy (non-hydrogen) atoms. The van der Waals surface area contributed by atoms with Crippen LogP contribution in [0.1, 0.15) is 38.2 Å². The lowest BCUT2D eigenvalue weighted by Crippen LogP contribution is -2.34. The first kappa shape index (κ1) is 20.4. The van der Waals surface area contributed by atoms with Crippen molar-refractivity contribution in [1.82, 2.24) is 10.3 Å². The molecule has 7 heteroatoms. The summed E-state index contributed by atoms with van der Waals surface area (Å²) in [5.74, 6) is -0.125. The van der Waals surface area contributed by atoms with E-state index in [1.807, 2.05) is 0 Å². The molecule has 0 atom stereocenters. The number of hydrogen-bond acceptors (Lipinski definition) is 5. The molecule has 1 aromatic carbocycles. The largest absolute Gasteiger partial charge is 0.489 e. The molecule has 1 N–H and O–H groups in total. The van der Waals surface area contributed by atoms with Crippen molar-refractivity contribution in [2.75, 3.05) is 13.2 Å². The second-order valence-corrected chi connectivity index (χ2v) is 6.88. The fraction of sp³-hybridized carbons (Fsp3) is 0.350. The number of nitrogens with one attached hydrogen (secondary N) is 1. The lowest BCUT2D eigenvalue weighted by Gasteiger charge is -2.19. The van der Waals surface area contributed by atoms with Crippen molar-refractivity contribution in [3.05, 3.63) is 47.9 Å². The Morgan fingerprint density at radius 1 is 1.11 bits per heavy atom. The van der Waals surface area contributed by atoms with Crippen molar-refractivity contribution in [3.63, 3.8) is 0 Å². The zero-order valence-corrected chi connectivity index (χ0v) is 15.8. The molecule has 0 aliphatic rings. The maximum Gasteiger partial charge on any atom is 0.407 e. The van der Waals surface area contributed by atoms with Gasteiger partial charge in [0.15, 0.2) is 5.78 Å². The summed E-state index contributed by atoms with van der Waals surface area (Å²) in [7, 11) is 0. The standard InChI is InChI=1S/C20H23FN2O4/c1-13(24)16-9-10-17(18(23-16)14-5-7-15(21)8-6-14)26-12-11-22-19(25)27-20(2,3)4/h5-10H,11-12H2,1-4H3,(H,22,25). The number of rotatable bonds is 6. The normalized spacial score (nSPS) is 11.0. The smallest absolute Gasteiger partial charge is 0.407 e. The topological polar surface area (TPSA) is 77.5 Å². The van der Waals surface area contributed by atoms with Gasteiger partial charge in [-0.25, -0.2) is 14.2 Å². The van der Waals surface area contributed by atoms with Gasteiger partial charge in [0.25, 0.3) is 0 Å². The molecule has 0 fully saturated rings. The second-order valence-electron chi connectivity index (χ2n) is 6.88. The van der Waals surface area contributed by atoms with E-state index in [4.69, 9.17) is 9.47 Å². The molecule has 1 amide bonds. The van der Waals surface area contributed by atoms with Crippen molar-refractivity contribution in [2.45, 2.75) is 33.3 Å². The van der Waals surface area contributed by atoms with E-state index in [1.54, 1.807) is 45.0 Å². The van der Waals surface area contributed by atoms with Crippen LogP contribution in [0.2, 0.25) is 0 Å². The third-order valence-electron chi connectivity index (χ3n) is 3.36. The van der Waals surface area contributed by atoms with Crippen LogP contribution in [0, 0.1) is 5.82 Å². The number of carbonyl (C=O) groups excluding carboxylic acids is 2. The summed E-state index contributed by atoms with van der Waals surface area (Å²) in [5, 5.41) is 2.60. The summed E-state index contributed by atoms with van der Waals surface area (Å²) >= 11 is 0. The van der Waals surface area contributed by atoms with E-state index in [2.05, 4.69) is 10.3 Å². The van der Waals surface area contributed by atoms with Crippen LogP contribution in [0.4, 0.5) is 9.18 Å². The van der Waals surface area contributed by atoms with Crippen molar-refractivity contribution in [2.24, 2.45) is 0 Å². The van der Waals surface area contributed by atoms with Gasteiger partial charge in [0.05, 0.1) is 6.54 Å². The van der Waals surface area contributed by atoms with Gasteiger partial charge in [-0.05, 0) is 57.2 Å². The molecule has 0 aliphatic heterocycles. The van der Waals surface area contributed by atoms with Gasteiger partial charge in [0.2, 0.25) is 0 Å². The summed E-state index contributed by atoms with van der Waals surface area (Å²) in [6.07, 6.45) is -0.532. The van der Waals surface area contributed by atoms with Gasteiger partial charge >= 0.3 is 6.09 Å². The Bertz CT molecular complexity index is 814. The fourth-order valence-corrected chi connectivity index (χ4v) is 2.20. The number of hydrogen-bond donors (Lipinski definition) is 1. The maximum absolute atomic E-state index is 13.2. The molecule has 1 aromatic heterocycles. The zero-order valence-electron chi connectivity index (χ0n) is 15.8. The Kier molecular flexibility index (Phi) is 6.50. The average Bonchev–Trinajstić information content (AvgIpc) is 2.58. The van der Waals surface area contributed by atoms with Gasteiger partial charge in [-0.15, -0.1) is 0 Å². The third-order valence-corrected chi connectivity index (χ3v) is 3.36. The molecule has 0 saturated carbocycles. The molecule has 1 heterocycles. The first-order valence-electron chi connectivity index (χ1n) is 8.53. The summed E-state index contributed by atoms with van der Waals surface area (Å²) in [6, 6.07) is 8.94. The lowest BCUT2D eigenvalue weighted by atomic mass is 10.1. The Morgan fingerprint density at radius 3 is 2.37 bits per heavy atom. The Morgan fingerprint density at radius 2 is 1.78 bits per heavy atom. The van der Waals surface area contributed by atoms with Gasteiger partial charge in [0.1, 0.15) is 35.2 Å². The summed E-state index contributed by atoms with van der Waals surface area (Å²) < 4.78 is 24.0. The number of ketones is 1. The van der Waals surface area contributed by atoms with E-state index >= 15 is 0 Å². The quantitative estimate of drug-likeness (QED) is 0.611. The predicted octanol–water partition coefficient (Wildman–Crippen LogP) is 3.99. The van der Waals surface area contributed by atoms with Crippen LogP contribution in [0.5, 0.6) is 5.75 Å². The van der Waals surface area contributed by atoms with E-state index in [0.717, 1.165) is 0 Å². The minimum Gasteiger partial charge on any atom is -0.489 e. The van der Waals surface area contributed by atoms with Crippen molar-refractivity contribution >= 4 is 11.9 Å². The molecule has 2 aromatic rings. The van der Waals surface area contributed by atoms with Gasteiger partial charge in [-0.2, -0.15) is 0 Å². The monoisotopic (exact) mass is 374 g/mol. The molecule has 0 unspecified atom stereocenters. The number of nitrogens with zero attached hydrogens (tertiary/aromatic N) is 1. The van der Waals surface area contributed by atoms with Crippen LogP contribution in [-0.4, -0.2) is 35.6 Å². The van der Waals surface area contributed by atoms with Gasteiger partial charge in [0, 0.05) is 12.5 Å². The number of amides is 1. The molecule has 0 radical (unpaired) electrons. The number of ether oxygens (including phenoxy) is 2. The van der Waals surface area contributed by atoms with Crippen LogP contribution in [-0.2, 0) is 4.74 Å². The van der Waals surface area contributed by atoms with Gasteiger partial charge < -0.3 is 14.8 Å². The van der Waals surface area contributed by atoms with E-state index in [9.17, 15) is 14.0 Å². The van der Waals surface area contributed by atoms with Crippen molar-refractivity contribution < 1.29 is 23.5 Å². The number of aromatic nitrogens is 1. The minimum absolute atomic E-state index is 0.175. The summed E-state index contributed by atoms with van der Waals surface area (Å²) in [6.45, 7) is 7.16. The number of pyridine rings is 1. The molecular weight excluding hydrogens is 351 g/mol. The van der Waals surface area contributed by atoms with Crippen LogP contribution in [0.3, 0.4) is 0 Å². The van der Waals surface area contributed by atoms with E-state index in [0.29, 0.717) is 17.0 Å². The highest BCUT2D eigenvalue weighted by Crippen LogP contribution is 2.28. The highest BCUT2D eigenvalue weighted by Gasteiger charge is 2.16. The number of carbonyl (C=O) groups is 2. The molecule has 6 nitrogen and oxygen atoms in total. The number of Topliss-reactive ketones (excluding diaryl/α,β-unsaturated/α-hetero) is 1. The van der Waals surface area contributed by atoms with Crippen molar-refractivity contribution in [1.29, 1.82) is 0 Å². The average molecular weight is 374 g/mol. The molecular formula is C20H23FN2O4. The number of halogens is 1.